The van der Waals surface area contributed by atoms with Gasteiger partial charge in [-0.25, -0.2) is 0 Å². The van der Waals surface area contributed by atoms with Crippen LogP contribution in [0.2, 0.25) is 0 Å². The van der Waals surface area contributed by atoms with Crippen molar-refractivity contribution in [3.8, 4) is 0 Å². The summed E-state index contributed by atoms with van der Waals surface area (Å²) >= 11 is 0. The summed E-state index contributed by atoms with van der Waals surface area (Å²) in [5.41, 5.74) is 0.747. The first-order chi connectivity index (χ1) is 7.11. The van der Waals surface area contributed by atoms with Gasteiger partial charge in [0.25, 0.3) is 0 Å². The number of rotatable bonds is 1. The zero-order valence-electron chi connectivity index (χ0n) is 10.1. The van der Waals surface area contributed by atoms with Crippen molar-refractivity contribution in [3.63, 3.8) is 0 Å². The molecule has 0 spiro atoms. The molecule has 6 rings (SSSR count). The third-order valence-electron chi connectivity index (χ3n) is 6.71. The number of hydrogen-bond donors (Lipinski definition) is 0. The molecule has 0 amide bonds. The number of methoxy groups -OCH3 is 1. The van der Waals surface area contributed by atoms with E-state index in [1.807, 2.05) is 7.11 Å². The van der Waals surface area contributed by atoms with Crippen molar-refractivity contribution < 1.29 is 4.74 Å². The highest BCUT2D eigenvalue weighted by Gasteiger charge is 2.78. The lowest BCUT2D eigenvalue weighted by Crippen LogP contribution is -2.80. The topological polar surface area (TPSA) is 9.23 Å². The molecule has 6 saturated carbocycles. The van der Waals surface area contributed by atoms with Gasteiger partial charge in [0, 0.05) is 7.11 Å². The fourth-order valence-corrected chi connectivity index (χ4v) is 6.74. The van der Waals surface area contributed by atoms with Gasteiger partial charge in [-0.05, 0) is 60.7 Å². The molecule has 0 aromatic carbocycles. The molecule has 84 valence electrons. The van der Waals surface area contributed by atoms with Gasteiger partial charge in [-0.1, -0.05) is 13.8 Å². The van der Waals surface area contributed by atoms with Gasteiger partial charge in [-0.3, -0.25) is 0 Å². The summed E-state index contributed by atoms with van der Waals surface area (Å²) < 4.78 is 6.10. The van der Waals surface area contributed by atoms with Crippen LogP contribution < -0.4 is 0 Å². The largest absolute Gasteiger partial charge is 0.377 e. The monoisotopic (exact) mass is 206 g/mol. The maximum absolute atomic E-state index is 6.10. The average Bonchev–Trinajstić information content (AvgIpc) is 2.15. The van der Waals surface area contributed by atoms with E-state index in [0.717, 1.165) is 29.6 Å². The number of ether oxygens (including phenoxy) is 1. The fraction of sp³-hybridized carbons (Fsp3) is 1.00. The van der Waals surface area contributed by atoms with Crippen LogP contribution in [0.15, 0.2) is 0 Å². The van der Waals surface area contributed by atoms with E-state index < -0.39 is 0 Å². The predicted octanol–water partition coefficient (Wildman–Crippen LogP) is 3.09. The smallest absolute Gasteiger partial charge is 0.0791 e. The van der Waals surface area contributed by atoms with E-state index in [4.69, 9.17) is 4.74 Å². The molecule has 0 radical (unpaired) electrons. The highest BCUT2D eigenvalue weighted by atomic mass is 16.5. The highest BCUT2D eigenvalue weighted by Crippen LogP contribution is 2.78. The maximum atomic E-state index is 6.10. The molecular weight excluding hydrogens is 184 g/mol. The quantitative estimate of drug-likeness (QED) is 0.640. The van der Waals surface area contributed by atoms with Gasteiger partial charge in [-0.2, -0.15) is 0 Å². The first-order valence-corrected chi connectivity index (χ1v) is 6.66. The molecule has 1 nitrogen and oxygen atoms in total. The van der Waals surface area contributed by atoms with E-state index in [0.29, 0.717) is 5.41 Å². The van der Waals surface area contributed by atoms with Crippen LogP contribution in [0.4, 0.5) is 0 Å². The average molecular weight is 206 g/mol. The normalized spacial score (nSPS) is 63.0. The summed E-state index contributed by atoms with van der Waals surface area (Å²) in [6.45, 7) is 4.95. The van der Waals surface area contributed by atoms with Crippen LogP contribution in [0.3, 0.4) is 0 Å². The second-order valence-electron chi connectivity index (χ2n) is 7.12. The van der Waals surface area contributed by atoms with Crippen molar-refractivity contribution in [2.24, 2.45) is 35.0 Å². The summed E-state index contributed by atoms with van der Waals surface area (Å²) in [6.07, 6.45) is 5.97. The standard InChI is InChI=1S/C14H22O/c1-13(2)12-9-4-8-5-10(7-9)14(13,15-3)11(12)6-8/h8-12H,4-7H2,1-3H3/t8-,9+,10-,11+,12-,14-/m0/s1. The Morgan fingerprint density at radius 2 is 1.87 bits per heavy atom. The third-order valence-corrected chi connectivity index (χ3v) is 6.71. The minimum Gasteiger partial charge on any atom is -0.377 e. The van der Waals surface area contributed by atoms with Crippen LogP contribution in [0, 0.1) is 35.0 Å². The van der Waals surface area contributed by atoms with Crippen LogP contribution in [-0.2, 0) is 4.74 Å². The molecule has 0 N–H and O–H groups in total. The Morgan fingerprint density at radius 3 is 2.53 bits per heavy atom. The van der Waals surface area contributed by atoms with Gasteiger partial charge in [-0.15, -0.1) is 0 Å². The molecule has 6 atom stereocenters. The molecule has 6 aliphatic rings. The Labute approximate surface area is 92.6 Å². The summed E-state index contributed by atoms with van der Waals surface area (Å²) in [4.78, 5) is 0. The zero-order valence-corrected chi connectivity index (χ0v) is 10.1. The summed E-state index contributed by atoms with van der Waals surface area (Å²) in [6, 6.07) is 0. The molecule has 0 aromatic heterocycles. The van der Waals surface area contributed by atoms with Crippen molar-refractivity contribution in [1.29, 1.82) is 0 Å². The van der Waals surface area contributed by atoms with Crippen molar-refractivity contribution in [2.45, 2.75) is 45.1 Å². The first kappa shape index (κ1) is 9.04. The first-order valence-electron chi connectivity index (χ1n) is 6.66. The SMILES string of the molecule is CO[C@@]12[C@H]3C[C@@H]4C[C@H](C3)[C@@H]([C@H]1C4)C2(C)C. The third kappa shape index (κ3) is 0.686. The van der Waals surface area contributed by atoms with Gasteiger partial charge in [0.05, 0.1) is 5.60 Å². The second kappa shape index (κ2) is 2.30. The van der Waals surface area contributed by atoms with Crippen LogP contribution in [-0.4, -0.2) is 12.7 Å². The lowest BCUT2D eigenvalue weighted by molar-refractivity contribution is -0.371. The molecule has 6 aliphatic carbocycles. The van der Waals surface area contributed by atoms with E-state index in [1.54, 1.807) is 6.42 Å². The fourth-order valence-electron chi connectivity index (χ4n) is 6.74. The van der Waals surface area contributed by atoms with Crippen molar-refractivity contribution >= 4 is 0 Å². The predicted molar refractivity (Wildman–Crippen MR) is 59.4 cm³/mol. The minimum atomic E-state index is 0.283. The van der Waals surface area contributed by atoms with Crippen molar-refractivity contribution in [3.05, 3.63) is 0 Å². The van der Waals surface area contributed by atoms with E-state index in [1.165, 1.54) is 19.3 Å². The number of hydrogen-bond acceptors (Lipinski definition) is 1. The molecular formula is C14H22O. The molecule has 0 saturated heterocycles. The van der Waals surface area contributed by atoms with Gasteiger partial charge in [0.1, 0.15) is 0 Å². The molecule has 0 aromatic rings. The van der Waals surface area contributed by atoms with Crippen LogP contribution in [0.5, 0.6) is 0 Å². The lowest BCUT2D eigenvalue weighted by atomic mass is 9.28. The molecule has 6 fully saturated rings. The molecule has 0 aliphatic heterocycles. The Bertz CT molecular complexity index is 309. The van der Waals surface area contributed by atoms with E-state index >= 15 is 0 Å². The van der Waals surface area contributed by atoms with Crippen molar-refractivity contribution in [1.82, 2.24) is 0 Å². The van der Waals surface area contributed by atoms with Gasteiger partial charge < -0.3 is 4.74 Å². The highest BCUT2D eigenvalue weighted by molar-refractivity contribution is 5.27. The summed E-state index contributed by atoms with van der Waals surface area (Å²) in [5, 5.41) is 0. The minimum absolute atomic E-state index is 0.283. The molecule has 0 unspecified atom stereocenters. The van der Waals surface area contributed by atoms with Gasteiger partial charge in [0.15, 0.2) is 0 Å². The molecule has 6 bridgehead atoms. The molecule has 0 heterocycles. The van der Waals surface area contributed by atoms with Crippen LogP contribution >= 0.6 is 0 Å². The second-order valence-corrected chi connectivity index (χ2v) is 7.12. The van der Waals surface area contributed by atoms with Gasteiger partial charge >= 0.3 is 0 Å². The van der Waals surface area contributed by atoms with E-state index in [2.05, 4.69) is 13.8 Å². The van der Waals surface area contributed by atoms with E-state index in [9.17, 15) is 0 Å². The van der Waals surface area contributed by atoms with E-state index in [-0.39, 0.29) is 5.60 Å². The molecule has 1 heteroatoms. The Hall–Kier alpha value is -0.0400. The Kier molecular flexibility index (Phi) is 1.38. The zero-order chi connectivity index (χ0) is 10.4. The van der Waals surface area contributed by atoms with Crippen LogP contribution in [0.25, 0.3) is 0 Å². The van der Waals surface area contributed by atoms with Crippen molar-refractivity contribution in [2.75, 3.05) is 7.11 Å². The Morgan fingerprint density at radius 1 is 1.07 bits per heavy atom. The summed E-state index contributed by atoms with van der Waals surface area (Å²) in [5.74, 6) is 4.93. The van der Waals surface area contributed by atoms with Gasteiger partial charge in [0.2, 0.25) is 0 Å². The van der Waals surface area contributed by atoms with Crippen LogP contribution in [0.1, 0.15) is 39.5 Å². The maximum Gasteiger partial charge on any atom is 0.0791 e. The summed E-state index contributed by atoms with van der Waals surface area (Å²) in [7, 11) is 1.97. The Balaban J connectivity index is 1.86. The molecule has 15 heavy (non-hydrogen) atoms. The lowest BCUT2D eigenvalue weighted by Gasteiger charge is -2.80.